The Morgan fingerprint density at radius 1 is 0.429 bits per heavy atom. The summed E-state index contributed by atoms with van der Waals surface area (Å²) in [6.45, 7) is 37.3. The summed E-state index contributed by atoms with van der Waals surface area (Å²) in [5, 5.41) is 35.2. The van der Waals surface area contributed by atoms with E-state index in [1.165, 1.54) is 0 Å². The van der Waals surface area contributed by atoms with E-state index < -0.39 is 60.0 Å². The zero-order valence-electron chi connectivity index (χ0n) is 33.9. The van der Waals surface area contributed by atoms with Crippen molar-refractivity contribution in [3.63, 3.8) is 0 Å². The van der Waals surface area contributed by atoms with Crippen molar-refractivity contribution in [2.24, 2.45) is 32.5 Å². The molecule has 0 radical (unpaired) electrons. The maximum atomic E-state index is 11.7. The van der Waals surface area contributed by atoms with Crippen molar-refractivity contribution >= 4 is 8.60 Å². The highest BCUT2D eigenvalue weighted by Gasteiger charge is 2.47. The molecule has 0 bridgehead atoms. The first kappa shape index (κ1) is 42.0. The van der Waals surface area contributed by atoms with Crippen LogP contribution in [0.4, 0.5) is 0 Å². The van der Waals surface area contributed by atoms with Crippen molar-refractivity contribution in [2.75, 3.05) is 0 Å². The maximum Gasteiger partial charge on any atom is 0.335 e. The molecule has 0 aliphatic heterocycles. The Kier molecular flexibility index (Phi) is 11.4. The van der Waals surface area contributed by atoms with Gasteiger partial charge in [-0.05, 0) is 85.7 Å². The van der Waals surface area contributed by atoms with Crippen LogP contribution in [0.2, 0.25) is 0 Å². The second-order valence-electron chi connectivity index (χ2n) is 20.7. The lowest BCUT2D eigenvalue weighted by molar-refractivity contribution is 0.0185. The molecule has 0 aromatic carbocycles. The van der Waals surface area contributed by atoms with Gasteiger partial charge in [-0.1, -0.05) is 143 Å². The molecule has 0 fully saturated rings. The fourth-order valence-corrected chi connectivity index (χ4v) is 7.33. The highest BCUT2D eigenvalue weighted by Crippen LogP contribution is 2.55. The molecular weight excluding hydrogens is 631 g/mol. The molecule has 0 heterocycles. The average Bonchev–Trinajstić information content (AvgIpc) is 2.88. The van der Waals surface area contributed by atoms with Gasteiger partial charge in [-0.3, -0.25) is 0 Å². The van der Waals surface area contributed by atoms with E-state index in [0.717, 1.165) is 16.7 Å². The fourth-order valence-electron chi connectivity index (χ4n) is 6.07. The van der Waals surface area contributed by atoms with Crippen LogP contribution in [0.3, 0.4) is 0 Å². The Hall–Kier alpha value is -1.37. The minimum absolute atomic E-state index is 0.329. The molecule has 6 unspecified atom stereocenters. The molecule has 0 spiro atoms. The first-order chi connectivity index (χ1) is 21.6. The van der Waals surface area contributed by atoms with Crippen molar-refractivity contribution in [3.05, 3.63) is 71.4 Å². The third kappa shape index (κ3) is 9.17. The smallest absolute Gasteiger partial charge is 0.335 e. The van der Waals surface area contributed by atoms with Gasteiger partial charge in [0.1, 0.15) is 35.1 Å². The predicted molar refractivity (Wildman–Crippen MR) is 205 cm³/mol. The van der Waals surface area contributed by atoms with E-state index >= 15 is 0 Å². The summed E-state index contributed by atoms with van der Waals surface area (Å²) in [6.07, 6.45) is 15.6. The Labute approximate surface area is 300 Å². The molecular formula is C42H69O6P. The van der Waals surface area contributed by atoms with Crippen LogP contribution in [0.5, 0.6) is 0 Å². The molecule has 278 valence electrons. The number of hydrogen-bond acceptors (Lipinski definition) is 6. The Morgan fingerprint density at radius 3 is 0.796 bits per heavy atom. The Bertz CT molecular complexity index is 1230. The summed E-state index contributed by atoms with van der Waals surface area (Å²) in [5.41, 5.74) is -2.95. The van der Waals surface area contributed by atoms with Crippen LogP contribution in [0.25, 0.3) is 0 Å². The quantitative estimate of drug-likeness (QED) is 0.189. The van der Waals surface area contributed by atoms with Crippen LogP contribution in [-0.2, 0) is 13.6 Å². The van der Waals surface area contributed by atoms with Crippen LogP contribution < -0.4 is 0 Å². The van der Waals surface area contributed by atoms with Crippen LogP contribution >= 0.6 is 8.60 Å². The third-order valence-electron chi connectivity index (χ3n) is 10.4. The second-order valence-corrected chi connectivity index (χ2v) is 21.7. The van der Waals surface area contributed by atoms with E-state index in [9.17, 15) is 15.3 Å². The molecule has 0 saturated heterocycles. The zero-order valence-corrected chi connectivity index (χ0v) is 34.8. The van der Waals surface area contributed by atoms with Crippen LogP contribution in [0, 0.1) is 32.5 Å². The molecule has 3 aliphatic rings. The summed E-state index contributed by atoms with van der Waals surface area (Å²) in [5.74, 6) is 0. The Morgan fingerprint density at radius 2 is 0.633 bits per heavy atom. The molecule has 0 amide bonds. The van der Waals surface area contributed by atoms with Crippen molar-refractivity contribution in [3.8, 4) is 0 Å². The van der Waals surface area contributed by atoms with E-state index in [4.69, 9.17) is 13.6 Å². The van der Waals surface area contributed by atoms with Gasteiger partial charge < -0.3 is 28.9 Å². The van der Waals surface area contributed by atoms with Crippen LogP contribution in [0.15, 0.2) is 71.4 Å². The summed E-state index contributed by atoms with van der Waals surface area (Å²) >= 11 is 0. The van der Waals surface area contributed by atoms with Gasteiger partial charge in [0.2, 0.25) is 0 Å². The van der Waals surface area contributed by atoms with Crippen molar-refractivity contribution in [1.29, 1.82) is 0 Å². The number of rotatable bonds is 6. The molecule has 0 aromatic rings. The maximum absolute atomic E-state index is 11.7. The minimum atomic E-state index is -2.05. The monoisotopic (exact) mass is 700 g/mol. The summed E-state index contributed by atoms with van der Waals surface area (Å²) < 4.78 is 20.7. The van der Waals surface area contributed by atoms with Gasteiger partial charge in [-0.15, -0.1) is 0 Å². The van der Waals surface area contributed by atoms with Crippen molar-refractivity contribution in [1.82, 2.24) is 0 Å². The molecule has 3 aliphatic carbocycles. The van der Waals surface area contributed by atoms with E-state index in [2.05, 4.69) is 62.3 Å². The second kappa shape index (κ2) is 13.2. The highest BCUT2D eigenvalue weighted by molar-refractivity contribution is 7.41. The van der Waals surface area contributed by atoms with Crippen LogP contribution in [0.1, 0.15) is 125 Å². The lowest BCUT2D eigenvalue weighted by Crippen LogP contribution is -2.44. The normalized spacial score (nSPS) is 32.5. The number of hydrogen-bond donors (Lipinski definition) is 3. The lowest BCUT2D eigenvalue weighted by Gasteiger charge is -2.45. The minimum Gasteiger partial charge on any atom is -0.381 e. The summed E-state index contributed by atoms with van der Waals surface area (Å²) in [4.78, 5) is 0. The summed E-state index contributed by atoms with van der Waals surface area (Å²) in [7, 11) is -2.05. The average molecular weight is 701 g/mol. The first-order valence-corrected chi connectivity index (χ1v) is 19.0. The molecule has 6 atom stereocenters. The molecule has 3 N–H and O–H groups in total. The Balaban J connectivity index is 2.15. The molecule has 0 saturated carbocycles. The molecule has 6 nitrogen and oxygen atoms in total. The van der Waals surface area contributed by atoms with Gasteiger partial charge in [0.05, 0.1) is 0 Å². The van der Waals surface area contributed by atoms with E-state index in [1.807, 2.05) is 117 Å². The SMILES string of the molecule is CC(C)(C)C1=CC(O)(C(C)(C)C)C=CC1OP(OC1C=CC(O)(C(C)(C)C)C=C1C(C)(C)C)OC1C=CC(O)(C(C)(C)C)C=C1C(C)(C)C. The van der Waals surface area contributed by atoms with E-state index in [1.54, 1.807) is 0 Å². The lowest BCUT2D eigenvalue weighted by atomic mass is 9.69. The van der Waals surface area contributed by atoms with E-state index in [0.29, 0.717) is 0 Å². The van der Waals surface area contributed by atoms with Gasteiger partial charge in [-0.25, -0.2) is 0 Å². The molecule has 3 rings (SSSR count). The largest absolute Gasteiger partial charge is 0.381 e. The van der Waals surface area contributed by atoms with Gasteiger partial charge in [0.15, 0.2) is 0 Å². The van der Waals surface area contributed by atoms with E-state index in [-0.39, 0.29) is 16.2 Å². The van der Waals surface area contributed by atoms with Crippen molar-refractivity contribution < 1.29 is 28.9 Å². The highest BCUT2D eigenvalue weighted by atomic mass is 31.2. The first-order valence-electron chi connectivity index (χ1n) is 17.9. The predicted octanol–water partition coefficient (Wildman–Crippen LogP) is 10.3. The van der Waals surface area contributed by atoms with Gasteiger partial charge >= 0.3 is 8.60 Å². The van der Waals surface area contributed by atoms with Gasteiger partial charge in [0.25, 0.3) is 0 Å². The number of aliphatic hydroxyl groups is 3. The van der Waals surface area contributed by atoms with Crippen LogP contribution in [-0.4, -0.2) is 50.4 Å². The topological polar surface area (TPSA) is 88.4 Å². The standard InChI is InChI=1S/C42H69O6P/c1-34(2,3)28-25-40(43,37(10,11)12)22-19-31(28)46-49(47-32-20-23-41(44,38(13,14)15)26-29(32)35(4,5)6)48-33-21-24-42(45,39(16,17)18)27-30(33)36(7,8)9/h19-27,31-33,43-45H,1-18H3. The fraction of sp³-hybridized carbons (Fsp3) is 0.714. The molecule has 49 heavy (non-hydrogen) atoms. The third-order valence-corrected chi connectivity index (χ3v) is 11.6. The van der Waals surface area contributed by atoms with Gasteiger partial charge in [0, 0.05) is 0 Å². The van der Waals surface area contributed by atoms with Gasteiger partial charge in [-0.2, -0.15) is 0 Å². The molecule has 7 heteroatoms. The summed E-state index contributed by atoms with van der Waals surface area (Å²) in [6, 6.07) is 0. The molecule has 0 aromatic heterocycles. The zero-order chi connectivity index (χ0) is 38.0. The van der Waals surface area contributed by atoms with Crippen molar-refractivity contribution in [2.45, 2.75) is 160 Å².